The van der Waals surface area contributed by atoms with Crippen LogP contribution in [0.4, 0.5) is 27.5 Å². The molecule has 0 spiro atoms. The quantitative estimate of drug-likeness (QED) is 0.305. The third-order valence-corrected chi connectivity index (χ3v) is 6.97. The summed E-state index contributed by atoms with van der Waals surface area (Å²) in [6.45, 7) is 8.08. The Kier molecular flexibility index (Phi) is 9.86. The van der Waals surface area contributed by atoms with E-state index >= 15 is 0 Å². The van der Waals surface area contributed by atoms with E-state index in [2.05, 4.69) is 45.7 Å². The fourth-order valence-corrected chi connectivity index (χ4v) is 4.76. The lowest BCUT2D eigenvalue weighted by molar-refractivity contribution is 0.0937. The molecule has 0 bridgehead atoms. The highest BCUT2D eigenvalue weighted by Crippen LogP contribution is 2.31. The first-order valence-corrected chi connectivity index (χ1v) is 13.6. The van der Waals surface area contributed by atoms with Crippen LogP contribution in [0.5, 0.6) is 5.75 Å². The van der Waals surface area contributed by atoms with Crippen LogP contribution < -0.4 is 30.5 Å². The Bertz CT molecular complexity index is 1290. The molecular formula is C31H39N5O4. The predicted molar refractivity (Wildman–Crippen MR) is 161 cm³/mol. The molecule has 4 rings (SSSR count). The van der Waals surface area contributed by atoms with Gasteiger partial charge in [-0.15, -0.1) is 0 Å². The lowest BCUT2D eigenvalue weighted by atomic mass is 10.0. The molecule has 0 aromatic heterocycles. The average molecular weight is 546 g/mol. The normalized spacial score (nSPS) is 13.2. The minimum atomic E-state index is -0.374. The smallest absolute Gasteiger partial charge is 0.323 e. The average Bonchev–Trinajstić information content (AvgIpc) is 2.97. The molecule has 3 amide bonds. The van der Waals surface area contributed by atoms with Crippen molar-refractivity contribution >= 4 is 34.7 Å². The van der Waals surface area contributed by atoms with Gasteiger partial charge in [0.25, 0.3) is 5.91 Å². The van der Waals surface area contributed by atoms with E-state index in [0.29, 0.717) is 36.0 Å². The van der Waals surface area contributed by atoms with Crippen LogP contribution in [-0.4, -0.2) is 65.5 Å². The number of anilines is 4. The van der Waals surface area contributed by atoms with Crippen LogP contribution in [0.2, 0.25) is 0 Å². The zero-order valence-corrected chi connectivity index (χ0v) is 23.7. The molecule has 1 aliphatic heterocycles. The monoisotopic (exact) mass is 545 g/mol. The lowest BCUT2D eigenvalue weighted by Crippen LogP contribution is -2.47. The molecule has 3 aromatic rings. The van der Waals surface area contributed by atoms with E-state index in [1.165, 1.54) is 5.56 Å². The zero-order chi connectivity index (χ0) is 28.5. The molecule has 40 heavy (non-hydrogen) atoms. The lowest BCUT2D eigenvalue weighted by Gasteiger charge is -2.38. The number of nitrogens with one attached hydrogen (secondary N) is 3. The summed E-state index contributed by atoms with van der Waals surface area (Å²) in [5.41, 5.74) is 4.82. The number of methoxy groups -OCH3 is 2. The highest BCUT2D eigenvalue weighted by Gasteiger charge is 2.24. The van der Waals surface area contributed by atoms with Gasteiger partial charge in [0.1, 0.15) is 5.75 Å². The molecule has 1 aliphatic rings. The SMILES string of the molecule is COCCNC(=O)c1cc(NC(=O)Nc2ccc(C(C)C)cc2)ccc1N1CCN(c2ccccc2OC)CC1. The number of rotatable bonds is 10. The van der Waals surface area contributed by atoms with Crippen molar-refractivity contribution in [3.8, 4) is 5.75 Å². The first-order chi connectivity index (χ1) is 19.4. The predicted octanol–water partition coefficient (Wildman–Crippen LogP) is 5.17. The number of nitrogens with zero attached hydrogens (tertiary/aromatic N) is 2. The van der Waals surface area contributed by atoms with E-state index in [1.54, 1.807) is 20.3 Å². The second kappa shape index (κ2) is 13.7. The van der Waals surface area contributed by atoms with Crippen LogP contribution in [0.1, 0.15) is 35.7 Å². The highest BCUT2D eigenvalue weighted by atomic mass is 16.5. The van der Waals surface area contributed by atoms with Gasteiger partial charge >= 0.3 is 6.03 Å². The molecule has 9 nitrogen and oxygen atoms in total. The topological polar surface area (TPSA) is 95.2 Å². The Labute approximate surface area is 236 Å². The van der Waals surface area contributed by atoms with E-state index < -0.39 is 0 Å². The van der Waals surface area contributed by atoms with E-state index in [1.807, 2.05) is 54.6 Å². The number of benzene rings is 3. The summed E-state index contributed by atoms with van der Waals surface area (Å²) in [5, 5.41) is 8.65. The van der Waals surface area contributed by atoms with Crippen LogP contribution in [0, 0.1) is 0 Å². The van der Waals surface area contributed by atoms with Gasteiger partial charge in [0.05, 0.1) is 25.0 Å². The summed E-state index contributed by atoms with van der Waals surface area (Å²) < 4.78 is 10.6. The van der Waals surface area contributed by atoms with Crippen LogP contribution in [0.15, 0.2) is 66.7 Å². The van der Waals surface area contributed by atoms with Gasteiger partial charge in [0, 0.05) is 56.9 Å². The standard InChI is InChI=1S/C31H39N5O4/c1-22(2)23-9-11-24(12-10-23)33-31(38)34-25-13-14-27(26(21-25)30(37)32-15-20-39-3)35-16-18-36(19-17-35)28-7-5-6-8-29(28)40-4/h5-14,21-22H,15-20H2,1-4H3,(H,32,37)(H2,33,34,38). The van der Waals surface area contributed by atoms with Gasteiger partial charge in [-0.05, 0) is 53.9 Å². The molecule has 0 aliphatic carbocycles. The summed E-state index contributed by atoms with van der Waals surface area (Å²) in [6, 6.07) is 20.9. The van der Waals surface area contributed by atoms with Crippen LogP contribution >= 0.6 is 0 Å². The number of carbonyl (C=O) groups excluding carboxylic acids is 2. The number of para-hydroxylation sites is 2. The van der Waals surface area contributed by atoms with Crippen LogP contribution in [0.25, 0.3) is 0 Å². The first kappa shape index (κ1) is 28.8. The van der Waals surface area contributed by atoms with Crippen LogP contribution in [-0.2, 0) is 4.74 Å². The van der Waals surface area contributed by atoms with Crippen molar-refractivity contribution in [1.82, 2.24) is 5.32 Å². The molecule has 0 unspecified atom stereocenters. The molecule has 3 N–H and O–H groups in total. The Morgan fingerprint density at radius 3 is 2.10 bits per heavy atom. The molecule has 9 heteroatoms. The van der Waals surface area contributed by atoms with E-state index in [4.69, 9.17) is 9.47 Å². The van der Waals surface area contributed by atoms with Crippen molar-refractivity contribution in [2.24, 2.45) is 0 Å². The summed E-state index contributed by atoms with van der Waals surface area (Å²) in [4.78, 5) is 30.5. The number of urea groups is 1. The van der Waals surface area contributed by atoms with Crippen molar-refractivity contribution in [3.05, 3.63) is 77.9 Å². The Hall–Kier alpha value is -4.24. The van der Waals surface area contributed by atoms with Gasteiger partial charge < -0.3 is 35.2 Å². The Morgan fingerprint density at radius 2 is 1.45 bits per heavy atom. The van der Waals surface area contributed by atoms with Crippen molar-refractivity contribution < 1.29 is 19.1 Å². The third kappa shape index (κ3) is 7.24. The number of carbonyl (C=O) groups is 2. The second-order valence-electron chi connectivity index (χ2n) is 9.98. The number of hydrogen-bond acceptors (Lipinski definition) is 6. The number of ether oxygens (including phenoxy) is 2. The van der Waals surface area contributed by atoms with Crippen molar-refractivity contribution in [1.29, 1.82) is 0 Å². The second-order valence-corrected chi connectivity index (χ2v) is 9.98. The first-order valence-electron chi connectivity index (χ1n) is 13.6. The Balaban J connectivity index is 1.48. The molecule has 212 valence electrons. The van der Waals surface area contributed by atoms with Gasteiger partial charge in [-0.3, -0.25) is 4.79 Å². The zero-order valence-electron chi connectivity index (χ0n) is 23.7. The van der Waals surface area contributed by atoms with Gasteiger partial charge in [-0.1, -0.05) is 38.1 Å². The minimum Gasteiger partial charge on any atom is -0.495 e. The maximum absolute atomic E-state index is 13.2. The molecule has 1 saturated heterocycles. The molecule has 0 saturated carbocycles. The molecular weight excluding hydrogens is 506 g/mol. The van der Waals surface area contributed by atoms with Crippen molar-refractivity contribution in [2.45, 2.75) is 19.8 Å². The fraction of sp³-hybridized carbons (Fsp3) is 0.355. The molecule has 0 atom stereocenters. The van der Waals surface area contributed by atoms with E-state index in [0.717, 1.165) is 43.3 Å². The van der Waals surface area contributed by atoms with Gasteiger partial charge in [-0.2, -0.15) is 0 Å². The van der Waals surface area contributed by atoms with E-state index in [9.17, 15) is 9.59 Å². The summed E-state index contributed by atoms with van der Waals surface area (Å²) in [6.07, 6.45) is 0. The molecule has 0 radical (unpaired) electrons. The maximum atomic E-state index is 13.2. The van der Waals surface area contributed by atoms with Gasteiger partial charge in [0.2, 0.25) is 0 Å². The molecule has 1 heterocycles. The summed E-state index contributed by atoms with van der Waals surface area (Å²) in [7, 11) is 3.28. The third-order valence-electron chi connectivity index (χ3n) is 6.97. The van der Waals surface area contributed by atoms with Gasteiger partial charge in [-0.25, -0.2) is 4.79 Å². The number of amides is 3. The highest BCUT2D eigenvalue weighted by molar-refractivity contribution is 6.04. The number of piperazine rings is 1. The summed E-state index contributed by atoms with van der Waals surface area (Å²) >= 11 is 0. The number of hydrogen-bond donors (Lipinski definition) is 3. The van der Waals surface area contributed by atoms with Crippen LogP contribution in [0.3, 0.4) is 0 Å². The fourth-order valence-electron chi connectivity index (χ4n) is 4.76. The molecule has 3 aromatic carbocycles. The van der Waals surface area contributed by atoms with Gasteiger partial charge in [0.15, 0.2) is 0 Å². The largest absolute Gasteiger partial charge is 0.495 e. The van der Waals surface area contributed by atoms with Crippen molar-refractivity contribution in [2.75, 3.05) is 74.0 Å². The minimum absolute atomic E-state index is 0.215. The summed E-state index contributed by atoms with van der Waals surface area (Å²) in [5.74, 6) is 1.05. The van der Waals surface area contributed by atoms with Crippen molar-refractivity contribution in [3.63, 3.8) is 0 Å². The molecule has 1 fully saturated rings. The maximum Gasteiger partial charge on any atom is 0.323 e. The van der Waals surface area contributed by atoms with E-state index in [-0.39, 0.29) is 11.9 Å². The Morgan fingerprint density at radius 1 is 0.825 bits per heavy atom.